The van der Waals surface area contributed by atoms with Crippen LogP contribution in [0.2, 0.25) is 0 Å². The fraction of sp³-hybridized carbons (Fsp3) is 0.690. The summed E-state index contributed by atoms with van der Waals surface area (Å²) in [5, 5.41) is 0. The average Bonchev–Trinajstić information content (AvgIpc) is 3.98. The molecule has 0 N–H and O–H groups in total. The van der Waals surface area contributed by atoms with Gasteiger partial charge in [0.1, 0.15) is 6.17 Å². The van der Waals surface area contributed by atoms with Gasteiger partial charge in [0.25, 0.3) is 0 Å². The van der Waals surface area contributed by atoms with E-state index in [1.165, 1.54) is 160 Å². The zero-order valence-electron chi connectivity index (χ0n) is 46.3. The van der Waals surface area contributed by atoms with Crippen LogP contribution in [0.3, 0.4) is 0 Å². The van der Waals surface area contributed by atoms with Crippen molar-refractivity contribution < 1.29 is 9.13 Å². The second-order valence-electron chi connectivity index (χ2n) is 27.3. The molecular formula is C71H97FN2O. The van der Waals surface area contributed by atoms with Crippen LogP contribution in [0.4, 0.5) is 4.39 Å². The number of hydrogen-bond acceptors (Lipinski definition) is 3. The Kier molecular flexibility index (Phi) is 15.4. The van der Waals surface area contributed by atoms with Crippen LogP contribution in [0.5, 0.6) is 0 Å². The van der Waals surface area contributed by atoms with E-state index < -0.39 is 6.17 Å². The predicted octanol–water partition coefficient (Wildman–Crippen LogP) is 17.6. The van der Waals surface area contributed by atoms with Crippen LogP contribution in [0, 0.1) is 70.5 Å². The molecule has 0 aromatic carbocycles. The monoisotopic (exact) mass is 1010 g/mol. The number of halogens is 1. The highest BCUT2D eigenvalue weighted by Gasteiger charge is 2.66. The first-order valence-electron chi connectivity index (χ1n) is 32.2. The molecule has 0 radical (unpaired) electrons. The molecule has 0 amide bonds. The average molecular weight is 1010 g/mol. The predicted molar refractivity (Wildman–Crippen MR) is 309 cm³/mol. The molecule has 1 saturated heterocycles. The second kappa shape index (κ2) is 22.5. The summed E-state index contributed by atoms with van der Waals surface area (Å²) in [6.45, 7) is 8.18. The zero-order chi connectivity index (χ0) is 50.5. The fourth-order valence-corrected chi connectivity index (χ4v) is 21.0. The van der Waals surface area contributed by atoms with Crippen molar-refractivity contribution in [2.24, 2.45) is 70.5 Å². The highest BCUT2D eigenvalue weighted by Crippen LogP contribution is 2.72. The standard InChI is InChI=1S/C71H97FN2O/c1-3-48-19-23-50(24-20-48)52-27-43-69-65(45-52)66-46-53(28-44-70(66)74(69)57-15-9-6-10-16-57)51-25-33-58(34-26-51)73(59-35-31-56(72)32-36-59)60-37-42-64-63-17-11-12-18-67(63)71(68(64)47-60,54-13-7-5-8-14-54)55-29-40-62(41-30-55)75-61-38-21-49(4-2)22-39-61/h3-4,6-7,9-10,13,15,21-22,25,31,35,38,43,46,48,50,52,54-68,70H,1-2,5,8,11-12,14,16-20,23-24,26-30,32-34,36-37,39-42,44-45,47H2. The third kappa shape index (κ3) is 9.81. The highest BCUT2D eigenvalue weighted by molar-refractivity contribution is 5.39. The molecule has 12 aliphatic carbocycles. The van der Waals surface area contributed by atoms with Crippen molar-refractivity contribution in [1.82, 2.24) is 9.80 Å². The van der Waals surface area contributed by atoms with Gasteiger partial charge in [-0.15, -0.1) is 6.58 Å². The van der Waals surface area contributed by atoms with Gasteiger partial charge in [0, 0.05) is 41.7 Å². The van der Waals surface area contributed by atoms with Gasteiger partial charge in [-0.25, -0.2) is 4.39 Å². The van der Waals surface area contributed by atoms with Crippen molar-refractivity contribution in [2.45, 2.75) is 235 Å². The minimum Gasteiger partial charge on any atom is -0.371 e. The van der Waals surface area contributed by atoms with Gasteiger partial charge in [-0.2, -0.15) is 0 Å². The van der Waals surface area contributed by atoms with Crippen LogP contribution in [-0.4, -0.2) is 58.4 Å². The maximum absolute atomic E-state index is 15.1. The first-order valence-corrected chi connectivity index (χ1v) is 32.2. The number of hydrogen-bond donors (Lipinski definition) is 0. The number of likely N-dealkylation sites (tertiary alicyclic amines) is 1. The summed E-state index contributed by atoms with van der Waals surface area (Å²) in [4.78, 5) is 6.06. The lowest BCUT2D eigenvalue weighted by molar-refractivity contribution is -0.0889. The molecule has 13 aliphatic rings. The van der Waals surface area contributed by atoms with Gasteiger partial charge in [-0.1, -0.05) is 117 Å². The number of alkyl halides is 1. The normalized spacial score (nSPS) is 45.4. The molecule has 13 rings (SSSR count). The summed E-state index contributed by atoms with van der Waals surface area (Å²) >= 11 is 0. The zero-order valence-corrected chi connectivity index (χ0v) is 46.3. The van der Waals surface area contributed by atoms with Crippen LogP contribution in [-0.2, 0) is 4.74 Å². The summed E-state index contributed by atoms with van der Waals surface area (Å²) in [7, 11) is 0. The highest BCUT2D eigenvalue weighted by atomic mass is 19.1. The smallest absolute Gasteiger partial charge is 0.118 e. The van der Waals surface area contributed by atoms with Crippen LogP contribution >= 0.6 is 0 Å². The van der Waals surface area contributed by atoms with E-state index in [2.05, 4.69) is 108 Å². The van der Waals surface area contributed by atoms with Crippen LogP contribution in [0.25, 0.3) is 0 Å². The SMILES string of the molecule is C=CC1=CCC(OC2CCC(C3(C4C=CCCC4)C4CCCCC4C4CCC(N(C5C=CC(F)CC5)C5CC=C(C6=CC7C8CC(C9CCC(C=C)CC9)CC=C8N(C8C=CC=CC8)C7CC6)CC5)CC43)CC2)C=C1. The van der Waals surface area contributed by atoms with Gasteiger partial charge < -0.3 is 9.64 Å². The Morgan fingerprint density at radius 3 is 2.27 bits per heavy atom. The molecule has 0 aromatic rings. The minimum atomic E-state index is -0.782. The van der Waals surface area contributed by atoms with Crippen molar-refractivity contribution in [2.75, 3.05) is 0 Å². The molecule has 0 bridgehead atoms. The van der Waals surface area contributed by atoms with Crippen LogP contribution in [0.1, 0.15) is 186 Å². The quantitative estimate of drug-likeness (QED) is 0.181. The molecular weight excluding hydrogens is 916 g/mol. The van der Waals surface area contributed by atoms with Crippen molar-refractivity contribution in [3.63, 3.8) is 0 Å². The Hall–Kier alpha value is -3.21. The van der Waals surface area contributed by atoms with Gasteiger partial charge >= 0.3 is 0 Å². The van der Waals surface area contributed by atoms with E-state index >= 15 is 4.39 Å². The number of allylic oxidation sites excluding steroid dienone is 13. The first kappa shape index (κ1) is 51.2. The Balaban J connectivity index is 0.762. The van der Waals surface area contributed by atoms with Crippen molar-refractivity contribution in [3.05, 3.63) is 133 Å². The van der Waals surface area contributed by atoms with E-state index in [-0.39, 0.29) is 6.10 Å². The lowest BCUT2D eigenvalue weighted by Crippen LogP contribution is -2.55. The maximum Gasteiger partial charge on any atom is 0.118 e. The summed E-state index contributed by atoms with van der Waals surface area (Å²) in [6.07, 6.45) is 75.8. The molecule has 16 unspecified atom stereocenters. The lowest BCUT2D eigenvalue weighted by atomic mass is 9.49. The van der Waals surface area contributed by atoms with Gasteiger partial charge in [0.2, 0.25) is 0 Å². The fourth-order valence-electron chi connectivity index (χ4n) is 21.0. The molecule has 6 fully saturated rings. The van der Waals surface area contributed by atoms with E-state index in [0.29, 0.717) is 60.0 Å². The first-order chi connectivity index (χ1) is 37.0. The van der Waals surface area contributed by atoms with Gasteiger partial charge in [0.15, 0.2) is 0 Å². The molecule has 5 saturated carbocycles. The van der Waals surface area contributed by atoms with Crippen LogP contribution in [0.15, 0.2) is 133 Å². The topological polar surface area (TPSA) is 15.7 Å². The Morgan fingerprint density at radius 1 is 0.653 bits per heavy atom. The summed E-state index contributed by atoms with van der Waals surface area (Å²) in [5.74, 6) is 8.75. The molecule has 4 heteroatoms. The minimum absolute atomic E-state index is 0.209. The number of rotatable bonds is 12. The molecule has 3 nitrogen and oxygen atoms in total. The Morgan fingerprint density at radius 2 is 1.52 bits per heavy atom. The summed E-state index contributed by atoms with van der Waals surface area (Å²) in [5.41, 5.74) is 6.75. The third-order valence-corrected chi connectivity index (χ3v) is 24.2. The maximum atomic E-state index is 15.1. The third-order valence-electron chi connectivity index (χ3n) is 24.2. The molecule has 1 heterocycles. The van der Waals surface area contributed by atoms with E-state index in [1.54, 1.807) is 16.8 Å². The van der Waals surface area contributed by atoms with E-state index in [0.717, 1.165) is 78.9 Å². The van der Waals surface area contributed by atoms with Crippen molar-refractivity contribution in [3.8, 4) is 0 Å². The Bertz CT molecular complexity index is 2340. The largest absolute Gasteiger partial charge is 0.371 e. The van der Waals surface area contributed by atoms with E-state index in [9.17, 15) is 0 Å². The molecule has 75 heavy (non-hydrogen) atoms. The lowest BCUT2D eigenvalue weighted by Gasteiger charge is -2.57. The van der Waals surface area contributed by atoms with Gasteiger partial charge in [-0.3, -0.25) is 4.90 Å². The molecule has 0 aromatic heterocycles. The van der Waals surface area contributed by atoms with Crippen molar-refractivity contribution in [1.29, 1.82) is 0 Å². The molecule has 1 aliphatic heterocycles. The van der Waals surface area contributed by atoms with E-state index in [4.69, 9.17) is 4.74 Å². The van der Waals surface area contributed by atoms with Gasteiger partial charge in [0.05, 0.1) is 18.2 Å². The Labute approximate surface area is 454 Å². The molecule has 16 atom stereocenters. The van der Waals surface area contributed by atoms with Crippen LogP contribution < -0.4 is 0 Å². The van der Waals surface area contributed by atoms with E-state index in [1.807, 2.05) is 12.2 Å². The second-order valence-corrected chi connectivity index (χ2v) is 27.3. The summed E-state index contributed by atoms with van der Waals surface area (Å²) < 4.78 is 22.0. The van der Waals surface area contributed by atoms with Crippen molar-refractivity contribution >= 4 is 0 Å². The molecule has 0 spiro atoms. The number of fused-ring (bicyclic) bond motifs is 6. The number of ether oxygens (including phenoxy) is 1. The molecule has 404 valence electrons. The van der Waals surface area contributed by atoms with Gasteiger partial charge in [-0.05, 0) is 249 Å². The number of nitrogens with zero attached hydrogens (tertiary/aromatic N) is 2. The summed E-state index contributed by atoms with van der Waals surface area (Å²) in [6, 6.07) is 2.63.